The summed E-state index contributed by atoms with van der Waals surface area (Å²) in [6, 6.07) is 1.80. The summed E-state index contributed by atoms with van der Waals surface area (Å²) >= 11 is 0. The van der Waals surface area contributed by atoms with Gasteiger partial charge in [-0.2, -0.15) is 10.1 Å². The largest absolute Gasteiger partial charge is 0.449 e. The number of hydrogen-bond donors (Lipinski definition) is 0. The van der Waals surface area contributed by atoms with Gasteiger partial charge in [-0.1, -0.05) is 5.16 Å². The second-order valence-electron chi connectivity index (χ2n) is 4.62. The average molecular weight is 287 g/mol. The number of ether oxygens (including phenoxy) is 1. The molecule has 8 nitrogen and oxygen atoms in total. The molecule has 0 spiro atoms. The van der Waals surface area contributed by atoms with Crippen molar-refractivity contribution in [3.8, 4) is 0 Å². The Labute approximate surface area is 119 Å². The zero-order valence-corrected chi connectivity index (χ0v) is 11.8. The maximum Gasteiger partial charge on any atom is 0.344 e. The molecule has 3 aromatic heterocycles. The van der Waals surface area contributed by atoms with Crippen molar-refractivity contribution in [2.75, 3.05) is 0 Å². The molecule has 0 N–H and O–H groups in total. The average Bonchev–Trinajstić information content (AvgIpc) is 3.04. The van der Waals surface area contributed by atoms with E-state index in [0.29, 0.717) is 17.0 Å². The lowest BCUT2D eigenvalue weighted by Crippen LogP contribution is -2.10. The Kier molecular flexibility index (Phi) is 3.13. The maximum atomic E-state index is 12.2. The first-order valence-electron chi connectivity index (χ1n) is 6.37. The summed E-state index contributed by atoms with van der Waals surface area (Å²) in [4.78, 5) is 20.5. The topological polar surface area (TPSA) is 95.4 Å². The van der Waals surface area contributed by atoms with E-state index in [9.17, 15) is 4.79 Å². The molecule has 0 bridgehead atoms. The zero-order chi connectivity index (χ0) is 15.0. The lowest BCUT2D eigenvalue weighted by atomic mass is 10.3. The number of aryl methyl sites for hydroxylation is 2. The van der Waals surface area contributed by atoms with Crippen molar-refractivity contribution in [3.05, 3.63) is 41.4 Å². The van der Waals surface area contributed by atoms with Crippen molar-refractivity contribution in [1.29, 1.82) is 0 Å². The van der Waals surface area contributed by atoms with E-state index < -0.39 is 12.1 Å². The smallest absolute Gasteiger partial charge is 0.344 e. The standard InChI is InChI=1S/C13H13N5O3/c1-7-4-5-18-11(15-7)10(6-14-18)13(19)20-8(2)12-16-9(3)17-21-12/h4-6,8H,1-3H3/t8-/m0/s1. The fourth-order valence-electron chi connectivity index (χ4n) is 1.86. The van der Waals surface area contributed by atoms with E-state index in [0.717, 1.165) is 5.69 Å². The molecule has 0 aliphatic heterocycles. The summed E-state index contributed by atoms with van der Waals surface area (Å²) in [7, 11) is 0. The van der Waals surface area contributed by atoms with E-state index in [1.807, 2.05) is 6.92 Å². The normalized spacial score (nSPS) is 12.5. The van der Waals surface area contributed by atoms with Gasteiger partial charge in [-0.3, -0.25) is 0 Å². The Morgan fingerprint density at radius 1 is 1.38 bits per heavy atom. The van der Waals surface area contributed by atoms with Crippen LogP contribution in [0.25, 0.3) is 5.65 Å². The zero-order valence-electron chi connectivity index (χ0n) is 11.8. The lowest BCUT2D eigenvalue weighted by Gasteiger charge is -2.07. The van der Waals surface area contributed by atoms with Crippen LogP contribution in [-0.4, -0.2) is 30.7 Å². The van der Waals surface area contributed by atoms with Crippen LogP contribution in [0.2, 0.25) is 0 Å². The third-order valence-electron chi connectivity index (χ3n) is 2.90. The molecule has 8 heteroatoms. The summed E-state index contributed by atoms with van der Waals surface area (Å²) in [5.74, 6) is 0.203. The highest BCUT2D eigenvalue weighted by molar-refractivity contribution is 5.95. The van der Waals surface area contributed by atoms with Gasteiger partial charge in [0.1, 0.15) is 5.56 Å². The highest BCUT2D eigenvalue weighted by atomic mass is 16.6. The van der Waals surface area contributed by atoms with Crippen LogP contribution in [0, 0.1) is 13.8 Å². The highest BCUT2D eigenvalue weighted by Gasteiger charge is 2.22. The molecular weight excluding hydrogens is 274 g/mol. The second-order valence-corrected chi connectivity index (χ2v) is 4.62. The third-order valence-corrected chi connectivity index (χ3v) is 2.90. The predicted octanol–water partition coefficient (Wildman–Crippen LogP) is 1.65. The van der Waals surface area contributed by atoms with E-state index in [1.54, 1.807) is 26.1 Å². The van der Waals surface area contributed by atoms with Gasteiger partial charge in [0, 0.05) is 11.9 Å². The Morgan fingerprint density at radius 3 is 2.90 bits per heavy atom. The van der Waals surface area contributed by atoms with Crippen molar-refractivity contribution >= 4 is 11.6 Å². The molecule has 0 radical (unpaired) electrons. The monoisotopic (exact) mass is 287 g/mol. The first kappa shape index (κ1) is 13.2. The number of rotatable bonds is 3. The minimum atomic E-state index is -0.640. The quantitative estimate of drug-likeness (QED) is 0.676. The van der Waals surface area contributed by atoms with Crippen LogP contribution in [0.4, 0.5) is 0 Å². The Morgan fingerprint density at radius 2 is 2.19 bits per heavy atom. The fraction of sp³-hybridized carbons (Fsp3) is 0.308. The predicted molar refractivity (Wildman–Crippen MR) is 70.6 cm³/mol. The summed E-state index contributed by atoms with van der Waals surface area (Å²) in [6.45, 7) is 5.20. The summed E-state index contributed by atoms with van der Waals surface area (Å²) < 4.78 is 11.8. The van der Waals surface area contributed by atoms with E-state index in [1.165, 1.54) is 10.7 Å². The van der Waals surface area contributed by atoms with Crippen molar-refractivity contribution in [2.24, 2.45) is 0 Å². The summed E-state index contributed by atoms with van der Waals surface area (Å²) in [5, 5.41) is 7.73. The van der Waals surface area contributed by atoms with Crippen LogP contribution in [0.3, 0.4) is 0 Å². The number of carbonyl (C=O) groups excluding carboxylic acids is 1. The number of nitrogens with zero attached hydrogens (tertiary/aromatic N) is 5. The molecule has 3 heterocycles. The molecule has 0 unspecified atom stereocenters. The highest BCUT2D eigenvalue weighted by Crippen LogP contribution is 2.18. The number of fused-ring (bicyclic) bond motifs is 1. The van der Waals surface area contributed by atoms with Crippen molar-refractivity contribution in [2.45, 2.75) is 26.9 Å². The van der Waals surface area contributed by atoms with Crippen LogP contribution >= 0.6 is 0 Å². The molecule has 108 valence electrons. The SMILES string of the molecule is Cc1ccn2ncc(C(=O)O[C@@H](C)c3nc(C)no3)c2n1. The van der Waals surface area contributed by atoms with Gasteiger partial charge in [-0.25, -0.2) is 14.3 Å². The van der Waals surface area contributed by atoms with Gasteiger partial charge in [-0.15, -0.1) is 0 Å². The molecule has 0 amide bonds. The van der Waals surface area contributed by atoms with Crippen LogP contribution in [-0.2, 0) is 4.74 Å². The summed E-state index contributed by atoms with van der Waals surface area (Å²) in [6.07, 6.45) is 2.52. The molecule has 1 atom stereocenters. The van der Waals surface area contributed by atoms with E-state index in [2.05, 4.69) is 20.2 Å². The van der Waals surface area contributed by atoms with Crippen LogP contribution < -0.4 is 0 Å². The molecule has 0 fully saturated rings. The van der Waals surface area contributed by atoms with Gasteiger partial charge in [0.2, 0.25) is 0 Å². The Hall–Kier alpha value is -2.77. The number of hydrogen-bond acceptors (Lipinski definition) is 7. The first-order valence-corrected chi connectivity index (χ1v) is 6.37. The first-order chi connectivity index (χ1) is 10.0. The minimum Gasteiger partial charge on any atom is -0.449 e. The Balaban J connectivity index is 1.85. The van der Waals surface area contributed by atoms with Gasteiger partial charge >= 0.3 is 5.97 Å². The van der Waals surface area contributed by atoms with Crippen molar-refractivity contribution in [1.82, 2.24) is 24.7 Å². The van der Waals surface area contributed by atoms with E-state index >= 15 is 0 Å². The van der Waals surface area contributed by atoms with Crippen molar-refractivity contribution in [3.63, 3.8) is 0 Å². The molecule has 0 saturated carbocycles. The molecule has 0 aromatic carbocycles. The minimum absolute atomic E-state index is 0.251. The molecule has 21 heavy (non-hydrogen) atoms. The maximum absolute atomic E-state index is 12.2. The van der Waals surface area contributed by atoms with Gasteiger partial charge in [0.25, 0.3) is 5.89 Å². The van der Waals surface area contributed by atoms with Gasteiger partial charge in [0.05, 0.1) is 6.20 Å². The number of esters is 1. The lowest BCUT2D eigenvalue weighted by molar-refractivity contribution is 0.0267. The van der Waals surface area contributed by atoms with E-state index in [4.69, 9.17) is 9.26 Å². The third kappa shape index (κ3) is 2.47. The van der Waals surface area contributed by atoms with Gasteiger partial charge < -0.3 is 9.26 Å². The number of aromatic nitrogens is 5. The molecule has 0 aliphatic rings. The second kappa shape index (κ2) is 4.97. The van der Waals surface area contributed by atoms with Gasteiger partial charge in [0.15, 0.2) is 17.6 Å². The fourth-order valence-corrected chi connectivity index (χ4v) is 1.86. The van der Waals surface area contributed by atoms with Crippen molar-refractivity contribution < 1.29 is 14.1 Å². The molecule has 0 saturated heterocycles. The van der Waals surface area contributed by atoms with Crippen LogP contribution in [0.1, 0.15) is 40.8 Å². The molecule has 0 aliphatic carbocycles. The van der Waals surface area contributed by atoms with E-state index in [-0.39, 0.29) is 5.89 Å². The van der Waals surface area contributed by atoms with Crippen LogP contribution in [0.15, 0.2) is 23.0 Å². The molecular formula is C13H13N5O3. The van der Waals surface area contributed by atoms with Gasteiger partial charge in [-0.05, 0) is 26.8 Å². The molecule has 3 aromatic rings. The van der Waals surface area contributed by atoms with Crippen LogP contribution in [0.5, 0.6) is 0 Å². The Bertz CT molecular complexity index is 807. The molecule has 3 rings (SSSR count). The summed E-state index contributed by atoms with van der Waals surface area (Å²) in [5.41, 5.74) is 1.54. The number of carbonyl (C=O) groups is 1.